The minimum atomic E-state index is -0.0229. The largest absolute Gasteiger partial charge is 0.497 e. The number of ether oxygens (including phenoxy) is 1. The van der Waals surface area contributed by atoms with Gasteiger partial charge in [0, 0.05) is 12.1 Å². The topological polar surface area (TPSA) is 68.5 Å². The van der Waals surface area contributed by atoms with Gasteiger partial charge in [-0.25, -0.2) is 9.50 Å². The number of hydrogen-bond acceptors (Lipinski definition) is 5. The Morgan fingerprint density at radius 3 is 2.62 bits per heavy atom. The maximum absolute atomic E-state index is 12.1. The number of thioether (sulfide) groups is 1. The predicted octanol–water partition coefficient (Wildman–Crippen LogP) is 3.81. The molecule has 0 spiro atoms. The van der Waals surface area contributed by atoms with Crippen molar-refractivity contribution in [1.82, 2.24) is 19.9 Å². The molecule has 0 unspecified atom stereocenters. The normalized spacial score (nSPS) is 10.8. The number of benzene rings is 2. The zero-order chi connectivity index (χ0) is 20.1. The molecule has 6 nitrogen and oxygen atoms in total. The number of aromatic nitrogens is 3. The number of nitrogens with zero attached hydrogens (tertiary/aromatic N) is 3. The third-order valence-electron chi connectivity index (χ3n) is 4.37. The van der Waals surface area contributed by atoms with Crippen molar-refractivity contribution in [3.05, 3.63) is 78.5 Å². The van der Waals surface area contributed by atoms with E-state index in [1.165, 1.54) is 11.8 Å². The van der Waals surface area contributed by atoms with Crippen molar-refractivity contribution >= 4 is 23.3 Å². The molecule has 2 heterocycles. The van der Waals surface area contributed by atoms with Crippen LogP contribution in [-0.4, -0.2) is 33.4 Å². The minimum Gasteiger partial charge on any atom is -0.497 e. The van der Waals surface area contributed by atoms with Crippen LogP contribution in [0, 0.1) is 0 Å². The second-order valence-electron chi connectivity index (χ2n) is 6.38. The average molecular weight is 404 g/mol. The van der Waals surface area contributed by atoms with E-state index in [4.69, 9.17) is 4.74 Å². The van der Waals surface area contributed by atoms with Crippen LogP contribution in [0.15, 0.2) is 78.0 Å². The molecule has 0 aliphatic carbocycles. The van der Waals surface area contributed by atoms with Gasteiger partial charge in [0.2, 0.25) is 5.91 Å². The van der Waals surface area contributed by atoms with Crippen LogP contribution in [0.1, 0.15) is 5.56 Å². The highest BCUT2D eigenvalue weighted by Gasteiger charge is 2.08. The first-order valence-corrected chi connectivity index (χ1v) is 10.1. The Morgan fingerprint density at radius 2 is 1.86 bits per heavy atom. The zero-order valence-electron chi connectivity index (χ0n) is 15.9. The Balaban J connectivity index is 1.38. The molecule has 146 valence electrons. The summed E-state index contributed by atoms with van der Waals surface area (Å²) in [5.74, 6) is 1.09. The summed E-state index contributed by atoms with van der Waals surface area (Å²) < 4.78 is 6.93. The van der Waals surface area contributed by atoms with Crippen LogP contribution in [0.2, 0.25) is 0 Å². The molecular formula is C22H20N4O2S. The molecule has 0 atom stereocenters. The first kappa shape index (κ1) is 19.0. The summed E-state index contributed by atoms with van der Waals surface area (Å²) in [7, 11) is 1.64. The van der Waals surface area contributed by atoms with Crippen LogP contribution in [-0.2, 0) is 11.3 Å². The highest BCUT2D eigenvalue weighted by atomic mass is 32.2. The molecule has 0 aliphatic rings. The molecule has 4 rings (SSSR count). The van der Waals surface area contributed by atoms with Crippen LogP contribution < -0.4 is 10.1 Å². The van der Waals surface area contributed by atoms with Crippen LogP contribution in [0.4, 0.5) is 0 Å². The second kappa shape index (κ2) is 8.79. The maximum Gasteiger partial charge on any atom is 0.230 e. The van der Waals surface area contributed by atoms with Crippen molar-refractivity contribution in [3.63, 3.8) is 0 Å². The smallest absolute Gasteiger partial charge is 0.230 e. The Labute approximate surface area is 172 Å². The molecule has 7 heteroatoms. The van der Waals surface area contributed by atoms with Gasteiger partial charge in [-0.15, -0.1) is 0 Å². The number of carbonyl (C=O) groups is 1. The molecule has 0 radical (unpaired) electrons. The molecular weight excluding hydrogens is 384 g/mol. The molecule has 0 saturated heterocycles. The van der Waals surface area contributed by atoms with E-state index in [1.807, 2.05) is 72.9 Å². The van der Waals surface area contributed by atoms with Crippen LogP contribution >= 0.6 is 11.8 Å². The number of fused-ring (bicyclic) bond motifs is 1. The van der Waals surface area contributed by atoms with Crippen LogP contribution in [0.3, 0.4) is 0 Å². The van der Waals surface area contributed by atoms with E-state index in [9.17, 15) is 4.79 Å². The van der Waals surface area contributed by atoms with E-state index in [-0.39, 0.29) is 5.91 Å². The summed E-state index contributed by atoms with van der Waals surface area (Å²) in [4.78, 5) is 16.7. The van der Waals surface area contributed by atoms with E-state index in [2.05, 4.69) is 15.4 Å². The number of nitrogens with one attached hydrogen (secondary N) is 1. The van der Waals surface area contributed by atoms with Crippen molar-refractivity contribution in [3.8, 4) is 17.0 Å². The van der Waals surface area contributed by atoms with Gasteiger partial charge in [0.15, 0.2) is 5.65 Å². The lowest BCUT2D eigenvalue weighted by Gasteiger charge is -2.05. The summed E-state index contributed by atoms with van der Waals surface area (Å²) in [6.07, 6.45) is 1.89. The van der Waals surface area contributed by atoms with Crippen molar-refractivity contribution < 1.29 is 9.53 Å². The molecule has 0 saturated carbocycles. The van der Waals surface area contributed by atoms with Gasteiger partial charge in [-0.1, -0.05) is 42.1 Å². The lowest BCUT2D eigenvalue weighted by Crippen LogP contribution is -2.24. The molecule has 29 heavy (non-hydrogen) atoms. The first-order valence-electron chi connectivity index (χ1n) is 9.15. The summed E-state index contributed by atoms with van der Waals surface area (Å²) in [5, 5.41) is 8.25. The Kier molecular flexibility index (Phi) is 5.76. The second-order valence-corrected chi connectivity index (χ2v) is 7.38. The van der Waals surface area contributed by atoms with Gasteiger partial charge in [-0.3, -0.25) is 4.79 Å². The van der Waals surface area contributed by atoms with Gasteiger partial charge in [0.25, 0.3) is 0 Å². The SMILES string of the molecule is COc1ccc(-c2cn3nc(SCC(=O)NCc4ccccc4)ccc3n2)cc1. The van der Waals surface area contributed by atoms with E-state index >= 15 is 0 Å². The Bertz CT molecular complexity index is 1110. The minimum absolute atomic E-state index is 0.0229. The molecule has 2 aromatic heterocycles. The van der Waals surface area contributed by atoms with Gasteiger partial charge in [-0.2, -0.15) is 5.10 Å². The number of methoxy groups -OCH3 is 1. The number of rotatable bonds is 7. The quantitative estimate of drug-likeness (QED) is 0.475. The number of carbonyl (C=O) groups excluding carboxylic acids is 1. The van der Waals surface area contributed by atoms with Gasteiger partial charge in [0.1, 0.15) is 10.8 Å². The molecule has 1 amide bonds. The van der Waals surface area contributed by atoms with Gasteiger partial charge < -0.3 is 10.1 Å². The highest BCUT2D eigenvalue weighted by Crippen LogP contribution is 2.23. The Morgan fingerprint density at radius 1 is 1.07 bits per heavy atom. The summed E-state index contributed by atoms with van der Waals surface area (Å²) in [5.41, 5.74) is 3.66. The predicted molar refractivity (Wildman–Crippen MR) is 114 cm³/mol. The monoisotopic (exact) mass is 404 g/mol. The van der Waals surface area contributed by atoms with Crippen molar-refractivity contribution in [2.45, 2.75) is 11.6 Å². The third-order valence-corrected chi connectivity index (χ3v) is 5.29. The van der Waals surface area contributed by atoms with Crippen molar-refractivity contribution in [2.75, 3.05) is 12.9 Å². The third kappa shape index (κ3) is 4.75. The molecule has 2 aromatic carbocycles. The zero-order valence-corrected chi connectivity index (χ0v) is 16.7. The maximum atomic E-state index is 12.1. The van der Waals surface area contributed by atoms with E-state index in [0.717, 1.165) is 33.2 Å². The number of imidazole rings is 1. The average Bonchev–Trinajstić information content (AvgIpc) is 3.20. The highest BCUT2D eigenvalue weighted by molar-refractivity contribution is 7.99. The standard InChI is InChI=1S/C22H20N4O2S/c1-28-18-9-7-17(8-10-18)19-14-26-20(24-19)11-12-22(25-26)29-15-21(27)23-13-16-5-3-2-4-6-16/h2-12,14H,13,15H2,1H3,(H,23,27). The molecule has 4 aromatic rings. The van der Waals surface area contributed by atoms with Crippen molar-refractivity contribution in [1.29, 1.82) is 0 Å². The summed E-state index contributed by atoms with van der Waals surface area (Å²) >= 11 is 1.40. The molecule has 0 aliphatic heterocycles. The first-order chi connectivity index (χ1) is 14.2. The van der Waals surface area contributed by atoms with Gasteiger partial charge >= 0.3 is 0 Å². The lowest BCUT2D eigenvalue weighted by atomic mass is 10.2. The molecule has 0 fully saturated rings. The fourth-order valence-electron chi connectivity index (χ4n) is 2.83. The number of amides is 1. The van der Waals surface area contributed by atoms with E-state index in [0.29, 0.717) is 12.3 Å². The molecule has 0 bridgehead atoms. The van der Waals surface area contributed by atoms with Crippen LogP contribution in [0.25, 0.3) is 16.9 Å². The summed E-state index contributed by atoms with van der Waals surface area (Å²) in [6.45, 7) is 0.527. The molecule has 1 N–H and O–H groups in total. The van der Waals surface area contributed by atoms with Crippen LogP contribution in [0.5, 0.6) is 5.75 Å². The van der Waals surface area contributed by atoms with Gasteiger partial charge in [-0.05, 0) is 42.0 Å². The number of hydrogen-bond donors (Lipinski definition) is 1. The summed E-state index contributed by atoms with van der Waals surface area (Å²) in [6, 6.07) is 21.4. The van der Waals surface area contributed by atoms with Gasteiger partial charge in [0.05, 0.1) is 24.8 Å². The van der Waals surface area contributed by atoms with E-state index < -0.39 is 0 Å². The Hall–Kier alpha value is -3.32. The van der Waals surface area contributed by atoms with E-state index in [1.54, 1.807) is 11.6 Å². The van der Waals surface area contributed by atoms with Crippen molar-refractivity contribution in [2.24, 2.45) is 0 Å². The fraction of sp³-hybridized carbons (Fsp3) is 0.136. The lowest BCUT2D eigenvalue weighted by molar-refractivity contribution is -0.118. The fourth-order valence-corrected chi connectivity index (χ4v) is 3.52.